The molecule has 6 heteroatoms. The largest absolute Gasteiger partial charge is 0.352 e. The van der Waals surface area contributed by atoms with Crippen LogP contribution in [-0.4, -0.2) is 18.0 Å². The summed E-state index contributed by atoms with van der Waals surface area (Å²) in [6.07, 6.45) is 0.366. The van der Waals surface area contributed by atoms with Crippen molar-refractivity contribution in [3.63, 3.8) is 0 Å². The molecular weight excluding hydrogens is 358 g/mol. The van der Waals surface area contributed by atoms with Crippen LogP contribution in [0.2, 0.25) is 0 Å². The molecule has 0 radical (unpaired) electrons. The molecule has 0 aliphatic heterocycles. The predicted octanol–water partition coefficient (Wildman–Crippen LogP) is 2.98. The molecule has 120 valence electrons. The number of benzene rings is 2. The first-order chi connectivity index (χ1) is 11.0. The lowest BCUT2D eigenvalue weighted by molar-refractivity contribution is -0.117. The summed E-state index contributed by atoms with van der Waals surface area (Å²) in [4.78, 5) is 23.6. The quantitative estimate of drug-likeness (QED) is 0.750. The van der Waals surface area contributed by atoms with Gasteiger partial charge in [-0.1, -0.05) is 46.3 Å². The lowest BCUT2D eigenvalue weighted by atomic mass is 10.1. The second kappa shape index (κ2) is 7.78. The number of amides is 3. The predicted molar refractivity (Wildman–Crippen MR) is 94.2 cm³/mol. The van der Waals surface area contributed by atoms with Crippen molar-refractivity contribution in [2.24, 2.45) is 5.73 Å². The van der Waals surface area contributed by atoms with Crippen molar-refractivity contribution in [2.45, 2.75) is 19.4 Å². The SMILES string of the molecule is Cc1cc(NC(=O)C(Cc2ccccc2)NC(N)=O)ccc1Br. The van der Waals surface area contributed by atoms with Crippen molar-refractivity contribution >= 4 is 33.6 Å². The maximum atomic E-state index is 12.5. The van der Waals surface area contributed by atoms with Crippen LogP contribution in [0, 0.1) is 6.92 Å². The van der Waals surface area contributed by atoms with E-state index in [1.807, 2.05) is 49.4 Å². The van der Waals surface area contributed by atoms with E-state index in [2.05, 4.69) is 26.6 Å². The third kappa shape index (κ3) is 5.10. The lowest BCUT2D eigenvalue weighted by Crippen LogP contribution is -2.47. The van der Waals surface area contributed by atoms with Gasteiger partial charge < -0.3 is 16.4 Å². The van der Waals surface area contributed by atoms with Gasteiger partial charge in [0.1, 0.15) is 6.04 Å². The van der Waals surface area contributed by atoms with Crippen LogP contribution < -0.4 is 16.4 Å². The standard InChI is InChI=1S/C17H18BrN3O2/c1-11-9-13(7-8-14(11)18)20-16(22)15(21-17(19)23)10-12-5-3-2-4-6-12/h2-9,15H,10H2,1H3,(H,20,22)(H3,19,21,23). The summed E-state index contributed by atoms with van der Waals surface area (Å²) >= 11 is 3.42. The average molecular weight is 376 g/mol. The summed E-state index contributed by atoms with van der Waals surface area (Å²) in [6.45, 7) is 1.93. The fraction of sp³-hybridized carbons (Fsp3) is 0.176. The van der Waals surface area contributed by atoms with Crippen LogP contribution in [0.3, 0.4) is 0 Å². The van der Waals surface area contributed by atoms with Gasteiger partial charge in [0.15, 0.2) is 0 Å². The number of carbonyl (C=O) groups is 2. The van der Waals surface area contributed by atoms with E-state index in [1.165, 1.54) is 0 Å². The number of hydrogen-bond acceptors (Lipinski definition) is 2. The Balaban J connectivity index is 2.12. The molecule has 5 nitrogen and oxygen atoms in total. The highest BCUT2D eigenvalue weighted by atomic mass is 79.9. The number of hydrogen-bond donors (Lipinski definition) is 3. The molecule has 0 spiro atoms. The molecule has 1 atom stereocenters. The van der Waals surface area contributed by atoms with E-state index in [-0.39, 0.29) is 5.91 Å². The van der Waals surface area contributed by atoms with Crippen LogP contribution in [-0.2, 0) is 11.2 Å². The zero-order chi connectivity index (χ0) is 16.8. The average Bonchev–Trinajstić information content (AvgIpc) is 2.51. The fourth-order valence-electron chi connectivity index (χ4n) is 2.18. The van der Waals surface area contributed by atoms with E-state index >= 15 is 0 Å². The highest BCUT2D eigenvalue weighted by Gasteiger charge is 2.20. The highest BCUT2D eigenvalue weighted by molar-refractivity contribution is 9.10. The Labute approximate surface area is 143 Å². The molecule has 23 heavy (non-hydrogen) atoms. The zero-order valence-corrected chi connectivity index (χ0v) is 14.3. The van der Waals surface area contributed by atoms with Crippen LogP contribution in [0.1, 0.15) is 11.1 Å². The lowest BCUT2D eigenvalue weighted by Gasteiger charge is -2.18. The summed E-state index contributed by atoms with van der Waals surface area (Å²) in [5, 5.41) is 5.30. The van der Waals surface area contributed by atoms with Gasteiger partial charge in [-0.15, -0.1) is 0 Å². The Morgan fingerprint density at radius 3 is 2.48 bits per heavy atom. The van der Waals surface area contributed by atoms with Crippen LogP contribution in [0.25, 0.3) is 0 Å². The van der Waals surface area contributed by atoms with Gasteiger partial charge in [0.05, 0.1) is 0 Å². The smallest absolute Gasteiger partial charge is 0.312 e. The van der Waals surface area contributed by atoms with Crippen LogP contribution in [0.4, 0.5) is 10.5 Å². The van der Waals surface area contributed by atoms with Crippen LogP contribution in [0.15, 0.2) is 53.0 Å². The molecule has 0 aromatic heterocycles. The molecule has 0 aliphatic carbocycles. The van der Waals surface area contributed by atoms with E-state index in [0.717, 1.165) is 15.6 Å². The summed E-state index contributed by atoms with van der Waals surface area (Å²) < 4.78 is 0.964. The minimum absolute atomic E-state index is 0.311. The molecule has 1 unspecified atom stereocenters. The number of carbonyl (C=O) groups excluding carboxylic acids is 2. The number of halogens is 1. The topological polar surface area (TPSA) is 84.2 Å². The summed E-state index contributed by atoms with van der Waals surface area (Å²) in [6, 6.07) is 13.5. The number of nitrogens with one attached hydrogen (secondary N) is 2. The first-order valence-electron chi connectivity index (χ1n) is 7.12. The minimum Gasteiger partial charge on any atom is -0.352 e. The first kappa shape index (κ1) is 17.0. The van der Waals surface area contributed by atoms with E-state index in [0.29, 0.717) is 12.1 Å². The molecule has 0 heterocycles. The Morgan fingerprint density at radius 1 is 1.17 bits per heavy atom. The summed E-state index contributed by atoms with van der Waals surface area (Å²) in [5.74, 6) is -0.311. The first-order valence-corrected chi connectivity index (χ1v) is 7.92. The maximum Gasteiger partial charge on any atom is 0.312 e. The van der Waals surface area contributed by atoms with Gasteiger partial charge in [0.2, 0.25) is 5.91 Å². The molecular formula is C17H18BrN3O2. The Kier molecular flexibility index (Phi) is 5.76. The summed E-state index contributed by atoms with van der Waals surface area (Å²) in [7, 11) is 0. The molecule has 0 bridgehead atoms. The van der Waals surface area contributed by atoms with Crippen molar-refractivity contribution < 1.29 is 9.59 Å². The third-order valence-corrected chi connectivity index (χ3v) is 4.23. The monoisotopic (exact) mass is 375 g/mol. The number of primary amides is 1. The fourth-order valence-corrected chi connectivity index (χ4v) is 2.43. The maximum absolute atomic E-state index is 12.5. The van der Waals surface area contributed by atoms with Crippen LogP contribution >= 0.6 is 15.9 Å². The summed E-state index contributed by atoms with van der Waals surface area (Å²) in [5.41, 5.74) is 7.80. The molecule has 0 fully saturated rings. The number of aryl methyl sites for hydroxylation is 1. The normalized spacial score (nSPS) is 11.6. The van der Waals surface area contributed by atoms with Crippen molar-refractivity contribution in [1.29, 1.82) is 0 Å². The number of rotatable bonds is 5. The van der Waals surface area contributed by atoms with Gasteiger partial charge in [-0.25, -0.2) is 4.79 Å². The van der Waals surface area contributed by atoms with E-state index in [4.69, 9.17) is 5.73 Å². The molecule has 2 aromatic rings. The number of urea groups is 1. The molecule has 0 saturated carbocycles. The van der Waals surface area contributed by atoms with E-state index < -0.39 is 12.1 Å². The molecule has 0 aliphatic rings. The van der Waals surface area contributed by atoms with Gasteiger partial charge in [0.25, 0.3) is 0 Å². The molecule has 2 rings (SSSR count). The van der Waals surface area contributed by atoms with Gasteiger partial charge in [-0.3, -0.25) is 4.79 Å². The second-order valence-electron chi connectivity index (χ2n) is 5.20. The van der Waals surface area contributed by atoms with Gasteiger partial charge in [-0.05, 0) is 36.2 Å². The van der Waals surface area contributed by atoms with Crippen molar-refractivity contribution in [1.82, 2.24) is 5.32 Å². The van der Waals surface area contributed by atoms with E-state index in [1.54, 1.807) is 6.07 Å². The Hall–Kier alpha value is -2.34. The molecule has 2 aromatic carbocycles. The van der Waals surface area contributed by atoms with Gasteiger partial charge in [-0.2, -0.15) is 0 Å². The van der Waals surface area contributed by atoms with E-state index in [9.17, 15) is 9.59 Å². The van der Waals surface area contributed by atoms with Gasteiger partial charge >= 0.3 is 6.03 Å². The van der Waals surface area contributed by atoms with Crippen molar-refractivity contribution in [3.05, 3.63) is 64.1 Å². The third-order valence-electron chi connectivity index (χ3n) is 3.34. The van der Waals surface area contributed by atoms with Crippen LogP contribution in [0.5, 0.6) is 0 Å². The Bertz CT molecular complexity index is 704. The number of anilines is 1. The van der Waals surface area contributed by atoms with Crippen molar-refractivity contribution in [2.75, 3.05) is 5.32 Å². The zero-order valence-electron chi connectivity index (χ0n) is 12.7. The van der Waals surface area contributed by atoms with Crippen molar-refractivity contribution in [3.8, 4) is 0 Å². The minimum atomic E-state index is -0.737. The van der Waals surface area contributed by atoms with Gasteiger partial charge in [0, 0.05) is 16.6 Å². The molecule has 3 amide bonds. The molecule has 0 saturated heterocycles. The molecule has 4 N–H and O–H groups in total. The second-order valence-corrected chi connectivity index (χ2v) is 6.06. The number of nitrogens with two attached hydrogens (primary N) is 1. The highest BCUT2D eigenvalue weighted by Crippen LogP contribution is 2.20. The Morgan fingerprint density at radius 2 is 1.87 bits per heavy atom.